The fourth-order valence-electron chi connectivity index (χ4n) is 2.39. The third-order valence-electron chi connectivity index (χ3n) is 3.17. The Morgan fingerprint density at radius 2 is 2.13 bits per heavy atom. The first-order valence-corrected chi connectivity index (χ1v) is 6.87. The molecule has 0 aromatic rings. The summed E-state index contributed by atoms with van der Waals surface area (Å²) in [5.41, 5.74) is -0.640. The summed E-state index contributed by atoms with van der Waals surface area (Å²) in [5, 5.41) is 2.80. The summed E-state index contributed by atoms with van der Waals surface area (Å²) in [6.45, 7) is 3.22. The summed E-state index contributed by atoms with van der Waals surface area (Å²) >= 11 is 0. The molecule has 0 aromatic heterocycles. The maximum atomic E-state index is 11.9. The molecule has 0 amide bonds. The predicted molar refractivity (Wildman–Crippen MR) is 61.0 cm³/mol. The normalized spacial score (nSPS) is 39.7. The van der Waals surface area contributed by atoms with Gasteiger partial charge in [0.2, 0.25) is 0 Å². The highest BCUT2D eigenvalue weighted by Gasteiger charge is 2.46. The van der Waals surface area contributed by atoms with Crippen LogP contribution in [0.4, 0.5) is 0 Å². The Bertz CT molecular complexity index is 311. The van der Waals surface area contributed by atoms with E-state index >= 15 is 0 Å². The fourth-order valence-corrected chi connectivity index (χ4v) is 4.65. The summed E-state index contributed by atoms with van der Waals surface area (Å²) in [6.07, 6.45) is 2.52. The minimum absolute atomic E-state index is 0. The summed E-state index contributed by atoms with van der Waals surface area (Å²) in [5.74, 6) is 0.318. The van der Waals surface area contributed by atoms with E-state index in [0.29, 0.717) is 12.4 Å². The molecule has 0 saturated carbocycles. The number of rotatable bonds is 1. The maximum Gasteiger partial charge on any atom is 0.157 e. The van der Waals surface area contributed by atoms with E-state index in [1.165, 1.54) is 0 Å². The molecule has 0 aromatic carbocycles. The van der Waals surface area contributed by atoms with Gasteiger partial charge in [0.1, 0.15) is 11.0 Å². The van der Waals surface area contributed by atoms with Crippen molar-refractivity contribution in [3.05, 3.63) is 0 Å². The highest BCUT2D eigenvalue weighted by atomic mass is 35.5. The van der Waals surface area contributed by atoms with Gasteiger partial charge in [0, 0.05) is 6.54 Å². The maximum absolute atomic E-state index is 11.9. The van der Waals surface area contributed by atoms with E-state index in [2.05, 4.69) is 5.32 Å². The second-order valence-electron chi connectivity index (χ2n) is 4.23. The Morgan fingerprint density at radius 1 is 1.40 bits per heavy atom. The van der Waals surface area contributed by atoms with E-state index in [9.17, 15) is 8.42 Å². The molecule has 0 bridgehead atoms. The molecule has 4 nitrogen and oxygen atoms in total. The third-order valence-corrected chi connectivity index (χ3v) is 5.58. The van der Waals surface area contributed by atoms with Crippen LogP contribution in [-0.4, -0.2) is 38.3 Å². The number of hydrogen-bond acceptors (Lipinski definition) is 4. The number of halogens is 1. The first kappa shape index (κ1) is 13.2. The lowest BCUT2D eigenvalue weighted by atomic mass is 10.1. The van der Waals surface area contributed by atoms with Crippen molar-refractivity contribution in [2.75, 3.05) is 18.9 Å². The van der Waals surface area contributed by atoms with E-state index in [1.807, 2.05) is 6.92 Å². The molecular formula is C9H18ClNO3S. The molecule has 1 N–H and O–H groups in total. The summed E-state index contributed by atoms with van der Waals surface area (Å²) < 4.78 is 29.2. The van der Waals surface area contributed by atoms with Crippen LogP contribution in [0.25, 0.3) is 0 Å². The van der Waals surface area contributed by atoms with Gasteiger partial charge in [-0.05, 0) is 19.8 Å². The third kappa shape index (κ3) is 2.46. The first-order chi connectivity index (χ1) is 6.55. The van der Waals surface area contributed by atoms with Crippen molar-refractivity contribution in [3.8, 4) is 0 Å². The monoisotopic (exact) mass is 255 g/mol. The van der Waals surface area contributed by atoms with Crippen molar-refractivity contribution in [2.45, 2.75) is 37.2 Å². The molecule has 2 aliphatic rings. The first-order valence-electron chi connectivity index (χ1n) is 5.15. The molecule has 2 unspecified atom stereocenters. The van der Waals surface area contributed by atoms with Crippen LogP contribution in [0.15, 0.2) is 0 Å². The standard InChI is InChI=1S/C9H17NO3S.ClH/c1-9(10-5-6-13-9)8-4-2-3-7-14(8,11)12;/h8,10H,2-7H2,1H3;1H. The van der Waals surface area contributed by atoms with Gasteiger partial charge in [-0.1, -0.05) is 6.42 Å². The summed E-state index contributed by atoms with van der Waals surface area (Å²) in [6, 6.07) is 0. The quantitative estimate of drug-likeness (QED) is 0.750. The van der Waals surface area contributed by atoms with Gasteiger partial charge in [-0.15, -0.1) is 12.4 Å². The Morgan fingerprint density at radius 3 is 2.67 bits per heavy atom. The molecule has 2 rings (SSSR count). The van der Waals surface area contributed by atoms with E-state index in [1.54, 1.807) is 0 Å². The summed E-state index contributed by atoms with van der Waals surface area (Å²) in [7, 11) is -2.95. The topological polar surface area (TPSA) is 55.4 Å². The van der Waals surface area contributed by atoms with Crippen LogP contribution >= 0.6 is 12.4 Å². The molecule has 2 saturated heterocycles. The van der Waals surface area contributed by atoms with Crippen LogP contribution < -0.4 is 5.32 Å². The van der Waals surface area contributed by atoms with Crippen molar-refractivity contribution in [1.82, 2.24) is 5.32 Å². The van der Waals surface area contributed by atoms with Gasteiger partial charge in [0.05, 0.1) is 12.4 Å². The molecule has 90 valence electrons. The van der Waals surface area contributed by atoms with E-state index < -0.39 is 15.6 Å². The van der Waals surface area contributed by atoms with Crippen LogP contribution in [-0.2, 0) is 14.6 Å². The van der Waals surface area contributed by atoms with Crippen molar-refractivity contribution < 1.29 is 13.2 Å². The molecule has 2 fully saturated rings. The van der Waals surface area contributed by atoms with Gasteiger partial charge in [0.25, 0.3) is 0 Å². The van der Waals surface area contributed by atoms with Crippen molar-refractivity contribution >= 4 is 22.2 Å². The summed E-state index contributed by atoms with van der Waals surface area (Å²) in [4.78, 5) is 0. The van der Waals surface area contributed by atoms with E-state index in [4.69, 9.17) is 4.74 Å². The Balaban J connectivity index is 0.00000112. The van der Waals surface area contributed by atoms with Crippen LogP contribution in [0.1, 0.15) is 26.2 Å². The molecule has 0 aliphatic carbocycles. The highest BCUT2D eigenvalue weighted by Crippen LogP contribution is 2.30. The van der Waals surface area contributed by atoms with Crippen LogP contribution in [0.2, 0.25) is 0 Å². The zero-order valence-electron chi connectivity index (χ0n) is 8.86. The zero-order chi connectivity index (χ0) is 10.2. The highest BCUT2D eigenvalue weighted by molar-refractivity contribution is 7.92. The second kappa shape index (κ2) is 4.57. The van der Waals surface area contributed by atoms with E-state index in [-0.39, 0.29) is 17.7 Å². The SMILES string of the molecule is CC1(C2CCCCS2(=O)=O)NCCO1.Cl. The predicted octanol–water partition coefficient (Wildman–Crippen LogP) is 0.711. The van der Waals surface area contributed by atoms with Crippen LogP contribution in [0, 0.1) is 0 Å². The lowest BCUT2D eigenvalue weighted by Crippen LogP contribution is -2.54. The Kier molecular flexibility index (Phi) is 4.03. The van der Waals surface area contributed by atoms with Crippen molar-refractivity contribution in [3.63, 3.8) is 0 Å². The van der Waals surface area contributed by atoms with Crippen molar-refractivity contribution in [2.24, 2.45) is 0 Å². The molecular weight excluding hydrogens is 238 g/mol. The lowest BCUT2D eigenvalue weighted by molar-refractivity contribution is -0.0000705. The molecule has 2 heterocycles. The smallest absolute Gasteiger partial charge is 0.157 e. The lowest BCUT2D eigenvalue weighted by Gasteiger charge is -2.35. The minimum Gasteiger partial charge on any atom is -0.358 e. The second-order valence-corrected chi connectivity index (χ2v) is 6.54. The van der Waals surface area contributed by atoms with Gasteiger partial charge in [0.15, 0.2) is 9.84 Å². The van der Waals surface area contributed by atoms with Crippen LogP contribution in [0.5, 0.6) is 0 Å². The van der Waals surface area contributed by atoms with Gasteiger partial charge < -0.3 is 4.74 Å². The van der Waals surface area contributed by atoms with Gasteiger partial charge in [-0.3, -0.25) is 5.32 Å². The van der Waals surface area contributed by atoms with Gasteiger partial charge >= 0.3 is 0 Å². The number of ether oxygens (including phenoxy) is 1. The molecule has 6 heteroatoms. The minimum atomic E-state index is -2.95. The van der Waals surface area contributed by atoms with Crippen molar-refractivity contribution in [1.29, 1.82) is 0 Å². The molecule has 0 radical (unpaired) electrons. The number of hydrogen-bond donors (Lipinski definition) is 1. The Hall–Kier alpha value is 0.160. The number of nitrogens with one attached hydrogen (secondary N) is 1. The molecule has 2 aliphatic heterocycles. The van der Waals surface area contributed by atoms with Crippen LogP contribution in [0.3, 0.4) is 0 Å². The largest absolute Gasteiger partial charge is 0.358 e. The fraction of sp³-hybridized carbons (Fsp3) is 1.00. The van der Waals surface area contributed by atoms with Gasteiger partial charge in [-0.25, -0.2) is 8.42 Å². The zero-order valence-corrected chi connectivity index (χ0v) is 10.5. The molecule has 15 heavy (non-hydrogen) atoms. The van der Waals surface area contributed by atoms with Gasteiger partial charge in [-0.2, -0.15) is 0 Å². The molecule has 2 atom stereocenters. The average molecular weight is 256 g/mol. The average Bonchev–Trinajstić information content (AvgIpc) is 2.52. The molecule has 0 spiro atoms. The Labute approximate surface area is 97.1 Å². The van der Waals surface area contributed by atoms with E-state index in [0.717, 1.165) is 25.8 Å². The number of sulfone groups is 1.